The van der Waals surface area contributed by atoms with Gasteiger partial charge in [0.1, 0.15) is 11.6 Å². The molecule has 1 amide bonds. The van der Waals surface area contributed by atoms with Crippen molar-refractivity contribution in [1.29, 1.82) is 0 Å². The van der Waals surface area contributed by atoms with E-state index in [-0.39, 0.29) is 24.3 Å². The van der Waals surface area contributed by atoms with Crippen LogP contribution in [0.25, 0.3) is 0 Å². The first-order valence-electron chi connectivity index (χ1n) is 8.05. The number of likely N-dealkylation sites (tertiary alicyclic amines) is 1. The number of ether oxygens (including phenoxy) is 1. The molecule has 2 atom stereocenters. The number of carbonyl (C=O) groups excluding carboxylic acids is 1. The summed E-state index contributed by atoms with van der Waals surface area (Å²) in [7, 11) is 0. The van der Waals surface area contributed by atoms with E-state index in [2.05, 4.69) is 0 Å². The Balaban J connectivity index is 1.66. The lowest BCUT2D eigenvalue weighted by molar-refractivity contribution is 0.0927. The summed E-state index contributed by atoms with van der Waals surface area (Å²) in [6.45, 7) is 0.936. The second-order valence-corrected chi connectivity index (χ2v) is 6.02. The molecular weight excluding hydrogens is 309 g/mol. The van der Waals surface area contributed by atoms with Gasteiger partial charge < -0.3 is 14.7 Å². The molecule has 2 aromatic carbocycles. The molecule has 4 nitrogen and oxygen atoms in total. The minimum Gasteiger partial charge on any atom is -0.410 e. The summed E-state index contributed by atoms with van der Waals surface area (Å²) in [6.07, 6.45) is 0.304. The van der Waals surface area contributed by atoms with Crippen LogP contribution in [0, 0.1) is 11.7 Å². The van der Waals surface area contributed by atoms with Crippen molar-refractivity contribution in [1.82, 2.24) is 4.90 Å². The van der Waals surface area contributed by atoms with Gasteiger partial charge in [-0.05, 0) is 42.2 Å². The van der Waals surface area contributed by atoms with E-state index < -0.39 is 6.09 Å². The molecule has 1 heterocycles. The van der Waals surface area contributed by atoms with E-state index in [0.717, 1.165) is 5.56 Å². The molecule has 0 bridgehead atoms. The number of benzene rings is 2. The predicted molar refractivity (Wildman–Crippen MR) is 88.4 cm³/mol. The molecule has 0 unspecified atom stereocenters. The largest absolute Gasteiger partial charge is 0.415 e. The minimum atomic E-state index is -0.405. The number of hydrogen-bond donors (Lipinski definition) is 1. The topological polar surface area (TPSA) is 49.8 Å². The van der Waals surface area contributed by atoms with Gasteiger partial charge in [0.2, 0.25) is 0 Å². The maximum atomic E-state index is 13.1. The molecule has 24 heavy (non-hydrogen) atoms. The van der Waals surface area contributed by atoms with Crippen molar-refractivity contribution >= 4 is 6.09 Å². The molecule has 1 saturated heterocycles. The lowest BCUT2D eigenvalue weighted by Gasteiger charge is -2.37. The van der Waals surface area contributed by atoms with E-state index in [1.165, 1.54) is 12.1 Å². The van der Waals surface area contributed by atoms with Crippen molar-refractivity contribution in [3.63, 3.8) is 0 Å². The maximum Gasteiger partial charge on any atom is 0.415 e. The molecule has 0 spiro atoms. The molecule has 1 aliphatic heterocycles. The molecule has 126 valence electrons. The van der Waals surface area contributed by atoms with E-state index >= 15 is 0 Å². The molecule has 3 rings (SSSR count). The maximum absolute atomic E-state index is 13.1. The zero-order valence-electron chi connectivity index (χ0n) is 13.3. The third-order valence-electron chi connectivity index (χ3n) is 4.47. The van der Waals surface area contributed by atoms with Crippen molar-refractivity contribution in [2.45, 2.75) is 12.3 Å². The van der Waals surface area contributed by atoms with Gasteiger partial charge in [0.05, 0.1) is 0 Å². The molecular formula is C19H20FNO3. The summed E-state index contributed by atoms with van der Waals surface area (Å²) in [5, 5.41) is 9.71. The molecule has 5 heteroatoms. The number of hydrogen-bond acceptors (Lipinski definition) is 3. The summed E-state index contributed by atoms with van der Waals surface area (Å²) in [5.41, 5.74) is 0.992. The first-order valence-corrected chi connectivity index (χ1v) is 8.05. The first kappa shape index (κ1) is 16.5. The van der Waals surface area contributed by atoms with Crippen molar-refractivity contribution in [3.8, 4) is 5.75 Å². The van der Waals surface area contributed by atoms with Crippen molar-refractivity contribution in [2.24, 2.45) is 5.92 Å². The fourth-order valence-electron chi connectivity index (χ4n) is 3.19. The van der Waals surface area contributed by atoms with Crippen LogP contribution in [0.3, 0.4) is 0 Å². The summed E-state index contributed by atoms with van der Waals surface area (Å²) >= 11 is 0. The van der Waals surface area contributed by atoms with Crippen LogP contribution in [0.5, 0.6) is 5.75 Å². The van der Waals surface area contributed by atoms with Crippen LogP contribution >= 0.6 is 0 Å². The second kappa shape index (κ2) is 7.45. The van der Waals surface area contributed by atoms with Gasteiger partial charge in [-0.25, -0.2) is 9.18 Å². The monoisotopic (exact) mass is 329 g/mol. The Morgan fingerprint density at radius 2 is 1.88 bits per heavy atom. The summed E-state index contributed by atoms with van der Waals surface area (Å²) < 4.78 is 18.4. The Hall–Kier alpha value is -2.40. The van der Waals surface area contributed by atoms with Gasteiger partial charge in [-0.1, -0.05) is 30.3 Å². The fourth-order valence-corrected chi connectivity index (χ4v) is 3.19. The van der Waals surface area contributed by atoms with E-state index in [1.807, 2.05) is 6.07 Å². The predicted octanol–water partition coefficient (Wildman–Crippen LogP) is 3.42. The molecule has 1 aliphatic rings. The number of piperidine rings is 1. The standard InChI is InChI=1S/C19H20FNO3/c20-16-8-6-14(7-9-16)18-10-11-21(12-15(18)13-22)19(23)24-17-4-2-1-3-5-17/h1-9,15,18,22H,10-13H2/t15-,18-/m0/s1. The van der Waals surface area contributed by atoms with Gasteiger partial charge >= 0.3 is 6.09 Å². The van der Waals surface area contributed by atoms with Crippen LogP contribution in [0.1, 0.15) is 17.9 Å². The van der Waals surface area contributed by atoms with Gasteiger partial charge in [0, 0.05) is 25.6 Å². The number of para-hydroxylation sites is 1. The minimum absolute atomic E-state index is 0.0306. The number of nitrogens with zero attached hydrogens (tertiary/aromatic N) is 1. The molecule has 0 aliphatic carbocycles. The Bertz CT molecular complexity index is 675. The van der Waals surface area contributed by atoms with Crippen LogP contribution in [-0.4, -0.2) is 35.8 Å². The highest BCUT2D eigenvalue weighted by atomic mass is 19.1. The molecule has 1 fully saturated rings. The third-order valence-corrected chi connectivity index (χ3v) is 4.47. The number of aliphatic hydroxyl groups is 1. The van der Waals surface area contributed by atoms with Gasteiger partial charge in [0.25, 0.3) is 0 Å². The van der Waals surface area contributed by atoms with E-state index in [0.29, 0.717) is 25.3 Å². The van der Waals surface area contributed by atoms with Gasteiger partial charge in [-0.2, -0.15) is 0 Å². The lowest BCUT2D eigenvalue weighted by atomic mass is 9.81. The molecule has 0 saturated carbocycles. The Kier molecular flexibility index (Phi) is 5.11. The quantitative estimate of drug-likeness (QED) is 0.939. The second-order valence-electron chi connectivity index (χ2n) is 6.02. The zero-order valence-corrected chi connectivity index (χ0v) is 13.3. The van der Waals surface area contributed by atoms with Crippen LogP contribution < -0.4 is 4.74 Å². The average Bonchev–Trinajstić information content (AvgIpc) is 2.62. The molecule has 0 radical (unpaired) electrons. The van der Waals surface area contributed by atoms with Gasteiger partial charge in [-0.15, -0.1) is 0 Å². The summed E-state index contributed by atoms with van der Waals surface area (Å²) in [5.74, 6) is 0.246. The van der Waals surface area contributed by atoms with E-state index in [9.17, 15) is 14.3 Å². The number of amides is 1. The highest BCUT2D eigenvalue weighted by Crippen LogP contribution is 2.33. The van der Waals surface area contributed by atoms with E-state index in [4.69, 9.17) is 4.74 Å². The van der Waals surface area contributed by atoms with Crippen LogP contribution in [0.2, 0.25) is 0 Å². The number of halogens is 1. The van der Waals surface area contributed by atoms with Crippen molar-refractivity contribution < 1.29 is 19.0 Å². The summed E-state index contributed by atoms with van der Waals surface area (Å²) in [4.78, 5) is 13.9. The average molecular weight is 329 g/mol. The first-order chi connectivity index (χ1) is 11.7. The third kappa shape index (κ3) is 3.74. The summed E-state index contributed by atoms with van der Waals surface area (Å²) in [6, 6.07) is 15.3. The smallest absolute Gasteiger partial charge is 0.410 e. The van der Waals surface area contributed by atoms with Crippen LogP contribution in [-0.2, 0) is 0 Å². The number of carbonyl (C=O) groups is 1. The molecule has 0 aromatic heterocycles. The Morgan fingerprint density at radius 1 is 1.17 bits per heavy atom. The van der Waals surface area contributed by atoms with Gasteiger partial charge in [0.15, 0.2) is 0 Å². The van der Waals surface area contributed by atoms with Crippen molar-refractivity contribution in [3.05, 3.63) is 66.0 Å². The molecule has 2 aromatic rings. The highest BCUT2D eigenvalue weighted by molar-refractivity contribution is 5.70. The fraction of sp³-hybridized carbons (Fsp3) is 0.316. The lowest BCUT2D eigenvalue weighted by Crippen LogP contribution is -2.45. The SMILES string of the molecule is O=C(Oc1ccccc1)N1CC[C@@H](c2ccc(F)cc2)[C@H](CO)C1. The van der Waals surface area contributed by atoms with Gasteiger partial charge in [-0.3, -0.25) is 0 Å². The number of rotatable bonds is 3. The molecule has 1 N–H and O–H groups in total. The Morgan fingerprint density at radius 3 is 2.54 bits per heavy atom. The number of aliphatic hydroxyl groups excluding tert-OH is 1. The zero-order chi connectivity index (χ0) is 16.9. The van der Waals surface area contributed by atoms with Crippen LogP contribution in [0.4, 0.5) is 9.18 Å². The van der Waals surface area contributed by atoms with E-state index in [1.54, 1.807) is 41.3 Å². The Labute approximate surface area is 140 Å². The van der Waals surface area contributed by atoms with Crippen LogP contribution in [0.15, 0.2) is 54.6 Å². The normalized spacial score (nSPS) is 20.7. The highest BCUT2D eigenvalue weighted by Gasteiger charge is 2.32. The van der Waals surface area contributed by atoms with Crippen molar-refractivity contribution in [2.75, 3.05) is 19.7 Å².